The number of unbranched alkanes of at least 4 members (excludes halogenated alkanes) is 1. The third-order valence-electron chi connectivity index (χ3n) is 9.77. The monoisotopic (exact) mass is 750 g/mol. The summed E-state index contributed by atoms with van der Waals surface area (Å²) in [4.78, 5) is 0. The second kappa shape index (κ2) is 19.0. The van der Waals surface area contributed by atoms with Crippen LogP contribution in [-0.4, -0.2) is 62.3 Å². The van der Waals surface area contributed by atoms with Crippen molar-refractivity contribution in [3.05, 3.63) is 24.3 Å². The lowest BCUT2D eigenvalue weighted by atomic mass is 9.86. The summed E-state index contributed by atoms with van der Waals surface area (Å²) in [7, 11) is 0. The summed E-state index contributed by atoms with van der Waals surface area (Å²) < 4.78 is 1.46. The molecule has 4 aliphatic heterocycles. The first-order valence-electron chi connectivity index (χ1n) is 17.5. The van der Waals surface area contributed by atoms with E-state index in [4.69, 9.17) is 0 Å². The van der Waals surface area contributed by atoms with Gasteiger partial charge in [0.1, 0.15) is 0 Å². The van der Waals surface area contributed by atoms with Crippen molar-refractivity contribution < 1.29 is 0 Å². The lowest BCUT2D eigenvalue weighted by Gasteiger charge is -2.50. The summed E-state index contributed by atoms with van der Waals surface area (Å²) in [6, 6.07) is 0. The highest BCUT2D eigenvalue weighted by atomic mass is 32.2. The van der Waals surface area contributed by atoms with Gasteiger partial charge in [0.15, 0.2) is 0 Å². The average molecular weight is 751 g/mol. The highest BCUT2D eigenvalue weighted by Crippen LogP contribution is 2.62. The van der Waals surface area contributed by atoms with Gasteiger partial charge in [0, 0.05) is 0 Å². The molecule has 0 radical (unpaired) electrons. The van der Waals surface area contributed by atoms with Crippen LogP contribution in [0.25, 0.3) is 0 Å². The summed E-state index contributed by atoms with van der Waals surface area (Å²) >= 11 is 18.7. The van der Waals surface area contributed by atoms with E-state index in [0.717, 1.165) is 17.8 Å². The van der Waals surface area contributed by atoms with Crippen molar-refractivity contribution in [2.24, 2.45) is 17.8 Å². The fourth-order valence-corrected chi connectivity index (χ4v) is 22.0. The van der Waals surface area contributed by atoms with Gasteiger partial charge < -0.3 is 0 Å². The third-order valence-corrected chi connectivity index (χ3v) is 24.2. The summed E-state index contributed by atoms with van der Waals surface area (Å²) in [5.74, 6) is 13.1. The maximum absolute atomic E-state index is 3.98. The van der Waals surface area contributed by atoms with Gasteiger partial charge in [-0.3, -0.25) is 0 Å². The Balaban J connectivity index is 1.52. The number of thioether (sulfide) groups is 8. The van der Waals surface area contributed by atoms with Crippen LogP contribution in [0.4, 0.5) is 0 Å². The summed E-state index contributed by atoms with van der Waals surface area (Å²) in [6.45, 7) is 16.5. The van der Waals surface area contributed by atoms with E-state index in [0.29, 0.717) is 16.3 Å². The van der Waals surface area contributed by atoms with Crippen LogP contribution >= 0.6 is 94.1 Å². The molecule has 254 valence electrons. The van der Waals surface area contributed by atoms with Crippen LogP contribution in [0.1, 0.15) is 112 Å². The highest BCUT2D eigenvalue weighted by molar-refractivity contribution is 8.20. The predicted octanol–water partition coefficient (Wildman–Crippen LogP) is 13.4. The molecule has 4 aliphatic rings. The largest absolute Gasteiger partial charge is 0.144 e. The Kier molecular flexibility index (Phi) is 16.9. The second-order valence-corrected chi connectivity index (χ2v) is 26.6. The Labute approximate surface area is 307 Å². The minimum Gasteiger partial charge on any atom is -0.144 e. The Bertz CT molecular complexity index is 875. The summed E-state index contributed by atoms with van der Waals surface area (Å²) in [5.41, 5.74) is 1.50. The van der Waals surface area contributed by atoms with Crippen molar-refractivity contribution in [1.82, 2.24) is 0 Å². The van der Waals surface area contributed by atoms with E-state index in [1.54, 1.807) is 0 Å². The van der Waals surface area contributed by atoms with Gasteiger partial charge in [-0.15, -0.1) is 101 Å². The Morgan fingerprint density at radius 3 is 1.64 bits per heavy atom. The van der Waals surface area contributed by atoms with Gasteiger partial charge in [-0.25, -0.2) is 0 Å². The maximum Gasteiger partial charge on any atom is 0.0794 e. The van der Waals surface area contributed by atoms with Crippen molar-refractivity contribution in [2.75, 3.05) is 46.0 Å². The molecule has 0 aromatic rings. The van der Waals surface area contributed by atoms with Crippen LogP contribution in [0.5, 0.6) is 0 Å². The molecule has 44 heavy (non-hydrogen) atoms. The van der Waals surface area contributed by atoms with Gasteiger partial charge in [-0.2, -0.15) is 0 Å². The molecule has 3 atom stereocenters. The Morgan fingerprint density at radius 1 is 0.636 bits per heavy atom. The first-order valence-corrected chi connectivity index (χ1v) is 25.4. The molecule has 0 saturated carbocycles. The average Bonchev–Trinajstić information content (AvgIpc) is 3.02. The smallest absolute Gasteiger partial charge is 0.0794 e. The molecular weight excluding hydrogens is 689 g/mol. The van der Waals surface area contributed by atoms with Gasteiger partial charge in [-0.1, -0.05) is 44.9 Å². The Morgan fingerprint density at radius 2 is 1.11 bits per heavy atom. The van der Waals surface area contributed by atoms with Gasteiger partial charge in [-0.05, 0) is 148 Å². The van der Waals surface area contributed by atoms with Gasteiger partial charge in [0.2, 0.25) is 0 Å². The van der Waals surface area contributed by atoms with E-state index >= 15 is 0 Å². The van der Waals surface area contributed by atoms with Crippen molar-refractivity contribution in [1.29, 1.82) is 0 Å². The fraction of sp³-hybridized carbons (Fsp3) is 0.889. The standard InChI is InChI=1S/C36H62S8/c1-7-8-9-14-30(4)26-35(41-21-12-22-42-35)32(6)28-36(43-23-13-24-44-36)31(5)27-34(39-19-11-20-40-34)16-15-33(25-29(2)3)37-17-10-18-38-33/h7,25,30-32H,1,8-24,26-28H2,2-6H3/t30-,31-,32-/m0/s1. The van der Waals surface area contributed by atoms with E-state index in [2.05, 4.69) is 147 Å². The van der Waals surface area contributed by atoms with Crippen molar-refractivity contribution in [3.8, 4) is 0 Å². The molecule has 4 saturated heterocycles. The highest BCUT2D eigenvalue weighted by Gasteiger charge is 2.50. The molecule has 0 bridgehead atoms. The van der Waals surface area contributed by atoms with Crippen molar-refractivity contribution in [3.63, 3.8) is 0 Å². The zero-order valence-electron chi connectivity index (χ0n) is 28.5. The maximum atomic E-state index is 3.98. The number of hydrogen-bond acceptors (Lipinski definition) is 8. The molecule has 0 amide bonds. The van der Waals surface area contributed by atoms with E-state index in [1.807, 2.05) is 0 Å². The molecule has 4 rings (SSSR count). The third kappa shape index (κ3) is 11.1. The van der Waals surface area contributed by atoms with Gasteiger partial charge >= 0.3 is 0 Å². The van der Waals surface area contributed by atoms with E-state index in [9.17, 15) is 0 Å². The van der Waals surface area contributed by atoms with Crippen LogP contribution in [-0.2, 0) is 0 Å². The molecule has 4 heterocycles. The minimum absolute atomic E-state index is 0.302. The summed E-state index contributed by atoms with van der Waals surface area (Å²) in [5, 5.41) is 0. The molecule has 8 heteroatoms. The SMILES string of the molecule is C=CCCC[C@H](C)CC1([C@@H](C)CC2([C@@H](C)CC3(CCC4(C=C(C)C)SCCCS4)SCCCS3)SCCCS2)SCCCS1. The van der Waals surface area contributed by atoms with E-state index < -0.39 is 0 Å². The Hall–Kier alpha value is 2.28. The van der Waals surface area contributed by atoms with Crippen LogP contribution < -0.4 is 0 Å². The van der Waals surface area contributed by atoms with Gasteiger partial charge in [0.25, 0.3) is 0 Å². The predicted molar refractivity (Wildman–Crippen MR) is 223 cm³/mol. The molecule has 0 spiro atoms. The van der Waals surface area contributed by atoms with Crippen LogP contribution in [0.15, 0.2) is 24.3 Å². The number of rotatable bonds is 16. The first kappa shape index (κ1) is 39.1. The summed E-state index contributed by atoms with van der Waals surface area (Å²) in [6.07, 6.45) is 21.0. The normalized spacial score (nSPS) is 26.7. The van der Waals surface area contributed by atoms with Crippen molar-refractivity contribution in [2.45, 2.75) is 128 Å². The molecular formula is C36H62S8. The second-order valence-electron chi connectivity index (χ2n) is 14.0. The topological polar surface area (TPSA) is 0 Å². The number of hydrogen-bond donors (Lipinski definition) is 0. The molecule has 0 aromatic heterocycles. The van der Waals surface area contributed by atoms with Crippen molar-refractivity contribution >= 4 is 94.1 Å². The lowest BCUT2D eigenvalue weighted by Crippen LogP contribution is -2.44. The zero-order chi connectivity index (χ0) is 31.5. The zero-order valence-corrected chi connectivity index (χ0v) is 35.0. The molecule has 0 unspecified atom stereocenters. The minimum atomic E-state index is 0.302. The van der Waals surface area contributed by atoms with Crippen LogP contribution in [0, 0.1) is 17.8 Å². The molecule has 0 N–H and O–H groups in total. The lowest BCUT2D eigenvalue weighted by molar-refractivity contribution is 0.336. The first-order chi connectivity index (χ1) is 21.2. The quantitative estimate of drug-likeness (QED) is 0.112. The molecule has 0 nitrogen and oxygen atoms in total. The number of allylic oxidation sites excluding steroid dienone is 2. The van der Waals surface area contributed by atoms with E-state index in [-0.39, 0.29) is 0 Å². The van der Waals surface area contributed by atoms with Crippen LogP contribution in [0.2, 0.25) is 0 Å². The van der Waals surface area contributed by atoms with Gasteiger partial charge in [0.05, 0.1) is 16.3 Å². The fourth-order valence-electron chi connectivity index (χ4n) is 7.47. The molecule has 4 fully saturated rings. The molecule has 0 aromatic carbocycles. The van der Waals surface area contributed by atoms with E-state index in [1.165, 1.54) is 129 Å². The molecule has 0 aliphatic carbocycles. The van der Waals surface area contributed by atoms with Crippen LogP contribution in [0.3, 0.4) is 0 Å².